The summed E-state index contributed by atoms with van der Waals surface area (Å²) in [5.41, 5.74) is 2.45. The Morgan fingerprint density at radius 2 is 1.82 bits per heavy atom. The van der Waals surface area contributed by atoms with E-state index in [0.29, 0.717) is 29.1 Å². The second-order valence-electron chi connectivity index (χ2n) is 10.6. The molecule has 3 saturated carbocycles. The highest BCUT2D eigenvalue weighted by Crippen LogP contribution is 2.66. The Kier molecular flexibility index (Phi) is 4.87. The van der Waals surface area contributed by atoms with E-state index in [4.69, 9.17) is 4.74 Å². The van der Waals surface area contributed by atoms with Crippen molar-refractivity contribution in [3.8, 4) is 0 Å². The first kappa shape index (κ1) is 19.9. The summed E-state index contributed by atoms with van der Waals surface area (Å²) in [6.07, 6.45) is 11.3. The van der Waals surface area contributed by atoms with Gasteiger partial charge in [-0.3, -0.25) is 4.79 Å². The largest absolute Gasteiger partial charge is 0.459 e. The van der Waals surface area contributed by atoms with Crippen LogP contribution in [0.5, 0.6) is 0 Å². The minimum atomic E-state index is -0.252. The molecule has 0 N–H and O–H groups in total. The summed E-state index contributed by atoms with van der Waals surface area (Å²) in [6.45, 7) is 12.1. The second-order valence-corrected chi connectivity index (χ2v) is 10.6. The molecule has 0 aromatic heterocycles. The molecule has 28 heavy (non-hydrogen) atoms. The average Bonchev–Trinajstić information content (AvgIpc) is 2.99. The number of esters is 1. The lowest BCUT2D eigenvalue weighted by Crippen LogP contribution is -2.51. The molecule has 0 saturated heterocycles. The van der Waals surface area contributed by atoms with Gasteiger partial charge in [-0.25, -0.2) is 4.79 Å². The number of Topliss-reactive ketones (excluding diaryl/α,β-unsaturated/α-hetero) is 1. The molecule has 3 fully saturated rings. The average molecular weight is 385 g/mol. The molecule has 0 aliphatic heterocycles. The summed E-state index contributed by atoms with van der Waals surface area (Å²) in [5.74, 6) is 2.54. The normalized spacial score (nSPS) is 44.6. The Morgan fingerprint density at radius 3 is 2.50 bits per heavy atom. The molecule has 3 heteroatoms. The van der Waals surface area contributed by atoms with Gasteiger partial charge >= 0.3 is 5.97 Å². The van der Waals surface area contributed by atoms with Crippen molar-refractivity contribution in [2.75, 3.05) is 0 Å². The molecular weight excluding hydrogens is 348 g/mol. The quantitative estimate of drug-likeness (QED) is 0.359. The van der Waals surface area contributed by atoms with Gasteiger partial charge in [-0.2, -0.15) is 0 Å². The monoisotopic (exact) mass is 384 g/mol. The van der Waals surface area contributed by atoms with Gasteiger partial charge in [-0.05, 0) is 87.4 Å². The van der Waals surface area contributed by atoms with Gasteiger partial charge in [-0.1, -0.05) is 32.1 Å². The van der Waals surface area contributed by atoms with E-state index in [-0.39, 0.29) is 28.8 Å². The third-order valence-corrected chi connectivity index (χ3v) is 9.17. The van der Waals surface area contributed by atoms with E-state index in [9.17, 15) is 9.59 Å². The molecule has 3 nitrogen and oxygen atoms in total. The number of carbonyl (C=O) groups excluding carboxylic acids is 2. The van der Waals surface area contributed by atoms with Gasteiger partial charge in [0.1, 0.15) is 11.9 Å². The van der Waals surface area contributed by atoms with Crippen molar-refractivity contribution in [3.05, 3.63) is 23.8 Å². The highest BCUT2D eigenvalue weighted by molar-refractivity contribution is 5.87. The molecule has 1 unspecified atom stereocenters. The molecule has 4 aliphatic carbocycles. The number of hydrogen-bond acceptors (Lipinski definition) is 3. The Bertz CT molecular complexity index is 734. The minimum absolute atomic E-state index is 0.00232. The maximum Gasteiger partial charge on any atom is 0.333 e. The summed E-state index contributed by atoms with van der Waals surface area (Å²) in [5, 5.41) is 0. The fraction of sp³-hybridized carbons (Fsp3) is 0.760. The van der Waals surface area contributed by atoms with Gasteiger partial charge in [-0.15, -0.1) is 0 Å². The van der Waals surface area contributed by atoms with E-state index in [1.165, 1.54) is 24.8 Å². The summed E-state index contributed by atoms with van der Waals surface area (Å²) < 4.78 is 5.69. The summed E-state index contributed by atoms with van der Waals surface area (Å²) in [4.78, 5) is 24.2. The van der Waals surface area contributed by atoms with Crippen LogP contribution in [0.1, 0.15) is 79.1 Å². The highest BCUT2D eigenvalue weighted by Gasteiger charge is 2.59. The topological polar surface area (TPSA) is 43.4 Å². The number of ether oxygens (including phenoxy) is 1. The van der Waals surface area contributed by atoms with Gasteiger partial charge in [0.05, 0.1) is 0 Å². The zero-order valence-corrected chi connectivity index (χ0v) is 18.1. The molecule has 154 valence electrons. The summed E-state index contributed by atoms with van der Waals surface area (Å²) >= 11 is 0. The van der Waals surface area contributed by atoms with Crippen molar-refractivity contribution >= 4 is 11.8 Å². The molecule has 0 radical (unpaired) electrons. The molecule has 0 spiro atoms. The van der Waals surface area contributed by atoms with Crippen molar-refractivity contribution in [1.82, 2.24) is 0 Å². The molecular formula is C25H36O3. The number of fused-ring (bicyclic) bond motifs is 5. The molecule has 4 rings (SSSR count). The molecule has 0 aromatic rings. The minimum Gasteiger partial charge on any atom is -0.459 e. The van der Waals surface area contributed by atoms with Crippen LogP contribution in [-0.2, 0) is 14.3 Å². The third kappa shape index (κ3) is 2.92. The standard InChI is InChI=1S/C25H36O3/c1-15(2)23(27)28-18-10-12-24(4)17(14-18)6-7-19-21-9-8-20(16(3)26)25(21,5)13-11-22(19)24/h6,18-22H,1,7-14H2,2-5H3/t18?,19-,20+,21-,22-,24-,25+/m0/s1. The SMILES string of the molecule is C=C(C)C(=O)OC1CC[C@@]2(C)C(=CC[C@H]3[C@@H]4CC[C@H](C(C)=O)[C@@]4(C)CC[C@@H]32)C1. The Labute approximate surface area is 170 Å². The first-order valence-electron chi connectivity index (χ1n) is 11.2. The van der Waals surface area contributed by atoms with Crippen LogP contribution in [-0.4, -0.2) is 17.9 Å². The number of allylic oxidation sites excluding steroid dienone is 1. The fourth-order valence-corrected chi connectivity index (χ4v) is 7.65. The van der Waals surface area contributed by atoms with Gasteiger partial charge in [0.25, 0.3) is 0 Å². The first-order chi connectivity index (χ1) is 13.2. The Hall–Kier alpha value is -1.38. The maximum absolute atomic E-state index is 12.3. The predicted molar refractivity (Wildman–Crippen MR) is 111 cm³/mol. The van der Waals surface area contributed by atoms with Crippen molar-refractivity contribution in [1.29, 1.82) is 0 Å². The van der Waals surface area contributed by atoms with Crippen molar-refractivity contribution < 1.29 is 14.3 Å². The zero-order chi connectivity index (χ0) is 20.3. The number of rotatable bonds is 3. The third-order valence-electron chi connectivity index (χ3n) is 9.17. The van der Waals surface area contributed by atoms with E-state index in [1.54, 1.807) is 13.8 Å². The van der Waals surface area contributed by atoms with Crippen LogP contribution in [0.2, 0.25) is 0 Å². The Balaban J connectivity index is 1.54. The van der Waals surface area contributed by atoms with Crippen LogP contribution in [0.4, 0.5) is 0 Å². The lowest BCUT2D eigenvalue weighted by atomic mass is 9.47. The van der Waals surface area contributed by atoms with Gasteiger partial charge in [0.15, 0.2) is 0 Å². The van der Waals surface area contributed by atoms with Gasteiger partial charge in [0.2, 0.25) is 0 Å². The highest BCUT2D eigenvalue weighted by atomic mass is 16.5. The lowest BCUT2D eigenvalue weighted by Gasteiger charge is -2.58. The molecule has 0 amide bonds. The Morgan fingerprint density at radius 1 is 1.07 bits per heavy atom. The summed E-state index contributed by atoms with van der Waals surface area (Å²) in [7, 11) is 0. The van der Waals surface area contributed by atoms with E-state index >= 15 is 0 Å². The van der Waals surface area contributed by atoms with E-state index in [0.717, 1.165) is 32.1 Å². The van der Waals surface area contributed by atoms with Crippen molar-refractivity contribution in [2.45, 2.75) is 85.2 Å². The number of hydrogen-bond donors (Lipinski definition) is 0. The van der Waals surface area contributed by atoms with Crippen molar-refractivity contribution in [3.63, 3.8) is 0 Å². The number of ketones is 1. The van der Waals surface area contributed by atoms with E-state index in [1.807, 2.05) is 0 Å². The second kappa shape index (κ2) is 6.85. The van der Waals surface area contributed by atoms with Crippen LogP contribution in [0.3, 0.4) is 0 Å². The molecule has 0 heterocycles. The van der Waals surface area contributed by atoms with Crippen molar-refractivity contribution in [2.24, 2.45) is 34.5 Å². The lowest BCUT2D eigenvalue weighted by molar-refractivity contribution is -0.147. The number of carbonyl (C=O) groups is 2. The van der Waals surface area contributed by atoms with Crippen LogP contribution in [0.15, 0.2) is 23.8 Å². The molecule has 0 bridgehead atoms. The maximum atomic E-state index is 12.3. The van der Waals surface area contributed by atoms with E-state index in [2.05, 4.69) is 26.5 Å². The molecule has 4 aliphatic rings. The first-order valence-corrected chi connectivity index (χ1v) is 11.2. The fourth-order valence-electron chi connectivity index (χ4n) is 7.65. The van der Waals surface area contributed by atoms with Crippen LogP contribution >= 0.6 is 0 Å². The smallest absolute Gasteiger partial charge is 0.333 e. The van der Waals surface area contributed by atoms with E-state index < -0.39 is 0 Å². The molecule has 7 atom stereocenters. The van der Waals surface area contributed by atoms with Crippen LogP contribution in [0.25, 0.3) is 0 Å². The molecule has 0 aromatic carbocycles. The van der Waals surface area contributed by atoms with Crippen LogP contribution in [0, 0.1) is 34.5 Å². The van der Waals surface area contributed by atoms with Gasteiger partial charge in [0, 0.05) is 17.9 Å². The predicted octanol–water partition coefficient (Wildman–Crippen LogP) is 5.64. The summed E-state index contributed by atoms with van der Waals surface area (Å²) in [6, 6.07) is 0. The van der Waals surface area contributed by atoms with Gasteiger partial charge < -0.3 is 4.74 Å². The zero-order valence-electron chi connectivity index (χ0n) is 18.1. The van der Waals surface area contributed by atoms with Crippen LogP contribution < -0.4 is 0 Å².